The monoisotopic (exact) mass is 267 g/mol. The van der Waals surface area contributed by atoms with E-state index in [-0.39, 0.29) is 0 Å². The van der Waals surface area contributed by atoms with Crippen molar-refractivity contribution in [3.05, 3.63) is 29.8 Å². The van der Waals surface area contributed by atoms with Gasteiger partial charge in [-0.2, -0.15) is 0 Å². The summed E-state index contributed by atoms with van der Waals surface area (Å²) in [7, 11) is 0. The quantitative estimate of drug-likeness (QED) is 0.825. The van der Waals surface area contributed by atoms with Crippen LogP contribution in [-0.4, -0.2) is 54.6 Å². The van der Waals surface area contributed by atoms with E-state index in [1.165, 1.54) is 0 Å². The molecule has 1 aromatic carbocycles. The molecule has 18 heavy (non-hydrogen) atoms. The summed E-state index contributed by atoms with van der Waals surface area (Å²) in [6.07, 6.45) is 0. The number of carbonyl (C=O) groups is 1. The van der Waals surface area contributed by atoms with Gasteiger partial charge in [-0.3, -0.25) is 4.90 Å². The first-order chi connectivity index (χ1) is 8.75. The molecule has 1 aliphatic heterocycles. The van der Waals surface area contributed by atoms with E-state index in [1.54, 1.807) is 30.0 Å². The smallest absolute Gasteiger partial charge is 0.335 e. The van der Waals surface area contributed by atoms with Gasteiger partial charge in [0.25, 0.3) is 0 Å². The van der Waals surface area contributed by atoms with Gasteiger partial charge in [-0.25, -0.2) is 4.79 Å². The molecule has 1 saturated heterocycles. The van der Waals surface area contributed by atoms with Crippen molar-refractivity contribution in [2.75, 3.05) is 38.6 Å². The molecule has 0 spiro atoms. The summed E-state index contributed by atoms with van der Waals surface area (Å²) in [5, 5.41) is 8.91. The second-order valence-corrected chi connectivity index (χ2v) is 5.30. The Morgan fingerprint density at radius 1 is 1.39 bits per heavy atom. The van der Waals surface area contributed by atoms with Crippen LogP contribution in [0.1, 0.15) is 10.4 Å². The van der Waals surface area contributed by atoms with Crippen molar-refractivity contribution in [3.8, 4) is 0 Å². The van der Waals surface area contributed by atoms with Crippen LogP contribution in [0.4, 0.5) is 0 Å². The molecular formula is C13H17NO3S. The molecule has 2 rings (SSSR count). The van der Waals surface area contributed by atoms with Crippen LogP contribution in [0.25, 0.3) is 0 Å². The Morgan fingerprint density at radius 3 is 2.89 bits per heavy atom. The van der Waals surface area contributed by atoms with E-state index in [1.807, 2.05) is 6.07 Å². The fourth-order valence-corrected chi connectivity index (χ4v) is 2.81. The van der Waals surface area contributed by atoms with Crippen molar-refractivity contribution in [1.82, 2.24) is 4.90 Å². The van der Waals surface area contributed by atoms with Crippen LogP contribution in [-0.2, 0) is 4.74 Å². The van der Waals surface area contributed by atoms with Crippen molar-refractivity contribution < 1.29 is 14.6 Å². The molecule has 0 aliphatic carbocycles. The van der Waals surface area contributed by atoms with Crippen LogP contribution in [0.3, 0.4) is 0 Å². The topological polar surface area (TPSA) is 49.8 Å². The highest BCUT2D eigenvalue weighted by Crippen LogP contribution is 2.19. The summed E-state index contributed by atoms with van der Waals surface area (Å²) >= 11 is 1.70. The van der Waals surface area contributed by atoms with E-state index >= 15 is 0 Å². The van der Waals surface area contributed by atoms with Crippen molar-refractivity contribution in [3.63, 3.8) is 0 Å². The van der Waals surface area contributed by atoms with Crippen LogP contribution in [0.15, 0.2) is 29.2 Å². The van der Waals surface area contributed by atoms with E-state index in [4.69, 9.17) is 9.84 Å². The van der Waals surface area contributed by atoms with Gasteiger partial charge >= 0.3 is 5.97 Å². The molecule has 1 aromatic rings. The van der Waals surface area contributed by atoms with Crippen molar-refractivity contribution in [1.29, 1.82) is 0 Å². The Kier molecular flexibility index (Phi) is 5.04. The van der Waals surface area contributed by atoms with E-state index in [2.05, 4.69) is 4.90 Å². The molecule has 1 aliphatic rings. The highest BCUT2D eigenvalue weighted by atomic mass is 32.2. The first kappa shape index (κ1) is 13.4. The Morgan fingerprint density at radius 2 is 2.17 bits per heavy atom. The number of carboxylic acid groups (broad SMARTS) is 1. The number of aromatic carboxylic acids is 1. The van der Waals surface area contributed by atoms with Gasteiger partial charge in [0.15, 0.2) is 0 Å². The first-order valence-electron chi connectivity index (χ1n) is 6.02. The standard InChI is InChI=1S/C13H17NO3S/c15-13(16)11-2-1-3-12(10-11)18-9-6-14-4-7-17-8-5-14/h1-3,10H,4-9H2,(H,15,16). The number of morpholine rings is 1. The predicted molar refractivity (Wildman–Crippen MR) is 71.4 cm³/mol. The Balaban J connectivity index is 1.78. The zero-order valence-electron chi connectivity index (χ0n) is 10.2. The second-order valence-electron chi connectivity index (χ2n) is 4.14. The minimum absolute atomic E-state index is 0.353. The largest absolute Gasteiger partial charge is 0.478 e. The molecule has 4 nitrogen and oxygen atoms in total. The lowest BCUT2D eigenvalue weighted by Crippen LogP contribution is -2.37. The average Bonchev–Trinajstić information content (AvgIpc) is 2.40. The molecule has 0 saturated carbocycles. The summed E-state index contributed by atoms with van der Waals surface area (Å²) in [5.41, 5.74) is 0.353. The van der Waals surface area contributed by atoms with E-state index in [9.17, 15) is 4.79 Å². The molecule has 5 heteroatoms. The Bertz CT molecular complexity index is 405. The van der Waals surface area contributed by atoms with Gasteiger partial charge in [-0.05, 0) is 18.2 Å². The number of hydrogen-bond donors (Lipinski definition) is 1. The lowest BCUT2D eigenvalue weighted by atomic mass is 10.2. The van der Waals surface area contributed by atoms with Crippen molar-refractivity contribution >= 4 is 17.7 Å². The Hall–Kier alpha value is -1.04. The molecule has 1 N–H and O–H groups in total. The molecule has 0 aromatic heterocycles. The molecular weight excluding hydrogens is 250 g/mol. The number of benzene rings is 1. The number of ether oxygens (including phenoxy) is 1. The molecule has 0 bridgehead atoms. The second kappa shape index (κ2) is 6.78. The molecule has 0 atom stereocenters. The number of carboxylic acids is 1. The van der Waals surface area contributed by atoms with E-state index < -0.39 is 5.97 Å². The van der Waals surface area contributed by atoms with Crippen LogP contribution < -0.4 is 0 Å². The number of thioether (sulfide) groups is 1. The summed E-state index contributed by atoms with van der Waals surface area (Å²) in [4.78, 5) is 14.2. The summed E-state index contributed by atoms with van der Waals surface area (Å²) in [5.74, 6) is 0.105. The van der Waals surface area contributed by atoms with Crippen molar-refractivity contribution in [2.45, 2.75) is 4.90 Å². The fourth-order valence-electron chi connectivity index (χ4n) is 1.84. The molecule has 0 unspecified atom stereocenters. The summed E-state index contributed by atoms with van der Waals surface area (Å²) in [6, 6.07) is 7.09. The Labute approximate surface area is 111 Å². The molecule has 98 valence electrons. The maximum Gasteiger partial charge on any atom is 0.335 e. The van der Waals surface area contributed by atoms with Gasteiger partial charge in [0, 0.05) is 30.3 Å². The maximum atomic E-state index is 10.8. The van der Waals surface area contributed by atoms with Crippen LogP contribution in [0, 0.1) is 0 Å². The zero-order valence-corrected chi connectivity index (χ0v) is 11.0. The van der Waals surface area contributed by atoms with Crippen LogP contribution in [0.5, 0.6) is 0 Å². The lowest BCUT2D eigenvalue weighted by Gasteiger charge is -2.26. The van der Waals surface area contributed by atoms with Gasteiger partial charge in [-0.15, -0.1) is 11.8 Å². The summed E-state index contributed by atoms with van der Waals surface area (Å²) < 4.78 is 5.29. The highest BCUT2D eigenvalue weighted by Gasteiger charge is 2.10. The van der Waals surface area contributed by atoms with Gasteiger partial charge in [0.05, 0.1) is 18.8 Å². The van der Waals surface area contributed by atoms with Crippen molar-refractivity contribution in [2.24, 2.45) is 0 Å². The minimum Gasteiger partial charge on any atom is -0.478 e. The normalized spacial score (nSPS) is 16.7. The SMILES string of the molecule is O=C(O)c1cccc(SCCN2CCOCC2)c1. The van der Waals surface area contributed by atoms with Gasteiger partial charge in [0.1, 0.15) is 0 Å². The fraction of sp³-hybridized carbons (Fsp3) is 0.462. The third kappa shape index (κ3) is 4.01. The minimum atomic E-state index is -0.870. The molecule has 0 amide bonds. The number of rotatable bonds is 5. The third-order valence-electron chi connectivity index (χ3n) is 2.86. The highest BCUT2D eigenvalue weighted by molar-refractivity contribution is 7.99. The molecule has 1 fully saturated rings. The van der Waals surface area contributed by atoms with Gasteiger partial charge in [0.2, 0.25) is 0 Å². The third-order valence-corrected chi connectivity index (χ3v) is 3.83. The van der Waals surface area contributed by atoms with Gasteiger partial charge in [-0.1, -0.05) is 6.07 Å². The maximum absolute atomic E-state index is 10.8. The van der Waals surface area contributed by atoms with E-state index in [0.717, 1.165) is 43.5 Å². The van der Waals surface area contributed by atoms with Crippen LogP contribution in [0.2, 0.25) is 0 Å². The number of nitrogens with zero attached hydrogens (tertiary/aromatic N) is 1. The molecule has 0 radical (unpaired) electrons. The van der Waals surface area contributed by atoms with Gasteiger partial charge < -0.3 is 9.84 Å². The number of hydrogen-bond acceptors (Lipinski definition) is 4. The van der Waals surface area contributed by atoms with E-state index in [0.29, 0.717) is 5.56 Å². The average molecular weight is 267 g/mol. The lowest BCUT2D eigenvalue weighted by molar-refractivity contribution is 0.0410. The predicted octanol–water partition coefficient (Wildman–Crippen LogP) is 1.81. The van der Waals surface area contributed by atoms with Crippen LogP contribution >= 0.6 is 11.8 Å². The molecule has 1 heterocycles. The zero-order chi connectivity index (χ0) is 12.8. The first-order valence-corrected chi connectivity index (χ1v) is 7.00. The summed E-state index contributed by atoms with van der Waals surface area (Å²) in [6.45, 7) is 4.65.